The number of furan rings is 1. The molecule has 0 spiro atoms. The fourth-order valence-corrected chi connectivity index (χ4v) is 4.40. The number of piperidine rings is 1. The summed E-state index contributed by atoms with van der Waals surface area (Å²) in [6.07, 6.45) is 5.22. The zero-order valence-corrected chi connectivity index (χ0v) is 18.4. The predicted molar refractivity (Wildman–Crippen MR) is 119 cm³/mol. The molecule has 0 bridgehead atoms. The van der Waals surface area contributed by atoms with Crippen LogP contribution in [0.15, 0.2) is 52.2 Å². The Balaban J connectivity index is 1.41. The first kappa shape index (κ1) is 21.3. The molecule has 0 aliphatic carbocycles. The van der Waals surface area contributed by atoms with Crippen molar-refractivity contribution in [1.29, 1.82) is 0 Å². The molecule has 3 heterocycles. The maximum Gasteiger partial charge on any atom is 0.230 e. The molecule has 0 saturated carbocycles. The number of amides is 1. The maximum atomic E-state index is 12.5. The number of ether oxygens (including phenoxy) is 1. The quantitative estimate of drug-likeness (QED) is 0.510. The number of nitrogens with zero attached hydrogens (tertiary/aromatic N) is 4. The maximum absolute atomic E-state index is 12.5. The third kappa shape index (κ3) is 5.41. The molecule has 8 nitrogen and oxygen atoms in total. The number of hydrogen-bond donors (Lipinski definition) is 1. The van der Waals surface area contributed by atoms with E-state index in [2.05, 4.69) is 20.4 Å². The van der Waals surface area contributed by atoms with Gasteiger partial charge in [-0.25, -0.2) is 0 Å². The number of methoxy groups -OCH3 is 1. The summed E-state index contributed by atoms with van der Waals surface area (Å²) in [4.78, 5) is 14.7. The molecular weight excluding hydrogens is 414 g/mol. The summed E-state index contributed by atoms with van der Waals surface area (Å²) in [5.74, 6) is 2.63. The number of aromatic nitrogens is 3. The normalized spacial score (nSPS) is 13.9. The van der Waals surface area contributed by atoms with Crippen LogP contribution in [0.4, 0.5) is 5.95 Å². The van der Waals surface area contributed by atoms with E-state index in [-0.39, 0.29) is 11.7 Å². The standard InChI is InChI=1S/C22H27N5O3S/c1-29-19-10-4-3-8-17(19)14-23-20(28)16-31-22-25-24-21(26-11-5-2-6-12-26)27(22)15-18-9-7-13-30-18/h3-4,7-10,13H,2,5-6,11-12,14-16H2,1H3,(H,23,28). The van der Waals surface area contributed by atoms with Gasteiger partial charge in [-0.1, -0.05) is 30.0 Å². The molecule has 1 N–H and O–H groups in total. The Bertz CT molecular complexity index is 983. The Kier molecular flexibility index (Phi) is 7.14. The van der Waals surface area contributed by atoms with Gasteiger partial charge in [0.1, 0.15) is 11.5 Å². The van der Waals surface area contributed by atoms with Crippen LogP contribution >= 0.6 is 11.8 Å². The summed E-state index contributed by atoms with van der Waals surface area (Å²) in [5, 5.41) is 12.5. The summed E-state index contributed by atoms with van der Waals surface area (Å²) >= 11 is 1.38. The van der Waals surface area contributed by atoms with Gasteiger partial charge in [-0.05, 0) is 37.5 Å². The van der Waals surface area contributed by atoms with Crippen molar-refractivity contribution in [3.63, 3.8) is 0 Å². The fourth-order valence-electron chi connectivity index (χ4n) is 3.64. The second-order valence-corrected chi connectivity index (χ2v) is 8.32. The average Bonchev–Trinajstić information content (AvgIpc) is 3.47. The lowest BCUT2D eigenvalue weighted by Gasteiger charge is -2.27. The van der Waals surface area contributed by atoms with Crippen molar-refractivity contribution >= 4 is 23.6 Å². The molecule has 2 aromatic heterocycles. The largest absolute Gasteiger partial charge is 0.496 e. The van der Waals surface area contributed by atoms with E-state index in [0.29, 0.717) is 18.2 Å². The number of hydrogen-bond acceptors (Lipinski definition) is 7. The highest BCUT2D eigenvalue weighted by molar-refractivity contribution is 7.99. The van der Waals surface area contributed by atoms with E-state index < -0.39 is 0 Å². The van der Waals surface area contributed by atoms with Crippen molar-refractivity contribution in [3.8, 4) is 5.75 Å². The highest BCUT2D eigenvalue weighted by atomic mass is 32.2. The molecule has 1 aromatic carbocycles. The smallest absolute Gasteiger partial charge is 0.230 e. The van der Waals surface area contributed by atoms with Crippen LogP contribution < -0.4 is 15.0 Å². The molecule has 1 fully saturated rings. The van der Waals surface area contributed by atoms with Crippen molar-refractivity contribution in [1.82, 2.24) is 20.1 Å². The van der Waals surface area contributed by atoms with Gasteiger partial charge in [0.15, 0.2) is 5.16 Å². The van der Waals surface area contributed by atoms with Gasteiger partial charge in [-0.2, -0.15) is 0 Å². The first-order valence-electron chi connectivity index (χ1n) is 10.5. The summed E-state index contributed by atoms with van der Waals surface area (Å²) in [5.41, 5.74) is 0.941. The van der Waals surface area contributed by atoms with Gasteiger partial charge in [0.2, 0.25) is 11.9 Å². The number of benzene rings is 1. The number of carbonyl (C=O) groups is 1. The summed E-state index contributed by atoms with van der Waals surface area (Å²) in [6.45, 7) is 2.90. The average molecular weight is 442 g/mol. The summed E-state index contributed by atoms with van der Waals surface area (Å²) in [7, 11) is 1.63. The van der Waals surface area contributed by atoms with Gasteiger partial charge in [0, 0.05) is 25.2 Å². The van der Waals surface area contributed by atoms with E-state index in [1.807, 2.05) is 41.0 Å². The third-order valence-corrected chi connectivity index (χ3v) is 6.20. The van der Waals surface area contributed by atoms with Gasteiger partial charge < -0.3 is 19.4 Å². The van der Waals surface area contributed by atoms with Crippen LogP contribution in [0.25, 0.3) is 0 Å². The second-order valence-electron chi connectivity index (χ2n) is 7.37. The Hall–Kier alpha value is -2.94. The Labute approximate surface area is 186 Å². The number of para-hydroxylation sites is 1. The van der Waals surface area contributed by atoms with Crippen LogP contribution in [-0.2, 0) is 17.9 Å². The lowest BCUT2D eigenvalue weighted by Crippen LogP contribution is -2.32. The monoisotopic (exact) mass is 441 g/mol. The molecule has 1 aliphatic heterocycles. The van der Waals surface area contributed by atoms with Crippen molar-refractivity contribution in [2.75, 3.05) is 30.9 Å². The first-order valence-corrected chi connectivity index (χ1v) is 11.4. The molecule has 0 radical (unpaired) electrons. The number of nitrogens with one attached hydrogen (secondary N) is 1. The number of anilines is 1. The van der Waals surface area contributed by atoms with Crippen molar-refractivity contribution in [2.45, 2.75) is 37.5 Å². The highest BCUT2D eigenvalue weighted by Gasteiger charge is 2.21. The molecular formula is C22H27N5O3S. The topological polar surface area (TPSA) is 85.4 Å². The van der Waals surface area contributed by atoms with Crippen LogP contribution in [0.2, 0.25) is 0 Å². The summed E-state index contributed by atoms with van der Waals surface area (Å²) < 4.78 is 12.9. The van der Waals surface area contributed by atoms with E-state index in [1.165, 1.54) is 18.2 Å². The zero-order valence-electron chi connectivity index (χ0n) is 17.6. The molecule has 1 saturated heterocycles. The van der Waals surface area contributed by atoms with Crippen LogP contribution in [0, 0.1) is 0 Å². The minimum Gasteiger partial charge on any atom is -0.496 e. The van der Waals surface area contributed by atoms with Crippen molar-refractivity contribution < 1.29 is 13.9 Å². The Morgan fingerprint density at radius 3 is 2.77 bits per heavy atom. The Morgan fingerprint density at radius 1 is 1.16 bits per heavy atom. The second kappa shape index (κ2) is 10.4. The molecule has 164 valence electrons. The van der Waals surface area contributed by atoms with Crippen LogP contribution in [0.1, 0.15) is 30.6 Å². The highest BCUT2D eigenvalue weighted by Crippen LogP contribution is 2.26. The molecule has 31 heavy (non-hydrogen) atoms. The number of carbonyl (C=O) groups excluding carboxylic acids is 1. The SMILES string of the molecule is COc1ccccc1CNC(=O)CSc1nnc(N2CCCCC2)n1Cc1ccco1. The van der Waals surface area contributed by atoms with E-state index >= 15 is 0 Å². The molecule has 1 aliphatic rings. The molecule has 1 amide bonds. The minimum absolute atomic E-state index is 0.0667. The number of rotatable bonds is 9. The molecule has 0 unspecified atom stereocenters. The van der Waals surface area contributed by atoms with Crippen molar-refractivity contribution in [3.05, 3.63) is 54.0 Å². The lowest BCUT2D eigenvalue weighted by molar-refractivity contribution is -0.118. The molecule has 0 atom stereocenters. The van der Waals surface area contributed by atoms with Crippen LogP contribution in [-0.4, -0.2) is 46.6 Å². The first-order chi connectivity index (χ1) is 15.2. The lowest BCUT2D eigenvalue weighted by atomic mass is 10.1. The van der Waals surface area contributed by atoms with Gasteiger partial charge in [0.25, 0.3) is 0 Å². The van der Waals surface area contributed by atoms with Gasteiger partial charge in [-0.15, -0.1) is 10.2 Å². The minimum atomic E-state index is -0.0667. The molecule has 3 aromatic rings. The van der Waals surface area contributed by atoms with E-state index in [1.54, 1.807) is 13.4 Å². The zero-order chi connectivity index (χ0) is 21.5. The van der Waals surface area contributed by atoms with Crippen LogP contribution in [0.5, 0.6) is 5.75 Å². The van der Waals surface area contributed by atoms with E-state index in [4.69, 9.17) is 9.15 Å². The number of thioether (sulfide) groups is 1. The third-order valence-electron chi connectivity index (χ3n) is 5.23. The van der Waals surface area contributed by atoms with E-state index in [0.717, 1.165) is 49.0 Å². The van der Waals surface area contributed by atoms with Gasteiger partial charge in [-0.3, -0.25) is 9.36 Å². The Morgan fingerprint density at radius 2 is 2.00 bits per heavy atom. The van der Waals surface area contributed by atoms with Crippen molar-refractivity contribution in [2.24, 2.45) is 0 Å². The van der Waals surface area contributed by atoms with Crippen LogP contribution in [0.3, 0.4) is 0 Å². The fraction of sp³-hybridized carbons (Fsp3) is 0.409. The van der Waals surface area contributed by atoms with Gasteiger partial charge in [0.05, 0.1) is 25.7 Å². The molecule has 9 heteroatoms. The summed E-state index contributed by atoms with van der Waals surface area (Å²) in [6, 6.07) is 11.5. The predicted octanol–water partition coefficient (Wildman–Crippen LogP) is 3.33. The van der Waals surface area contributed by atoms with E-state index in [9.17, 15) is 4.79 Å². The molecule has 4 rings (SSSR count). The van der Waals surface area contributed by atoms with Gasteiger partial charge >= 0.3 is 0 Å².